The van der Waals surface area contributed by atoms with E-state index in [1.54, 1.807) is 0 Å². The van der Waals surface area contributed by atoms with E-state index >= 15 is 0 Å². The Hall–Kier alpha value is -1.93. The molecule has 1 aliphatic heterocycles. The predicted molar refractivity (Wildman–Crippen MR) is 71.6 cm³/mol. The molecular formula is C9H15N4O10P. The maximum Gasteiger partial charge on any atom is 0.433 e. The minimum absolute atomic E-state index is 0.220. The van der Waals surface area contributed by atoms with Crippen molar-refractivity contribution in [2.45, 2.75) is 24.5 Å². The van der Waals surface area contributed by atoms with Crippen LogP contribution in [0.4, 0.5) is 4.79 Å². The molecule has 1 aromatic heterocycles. The second-order valence-electron chi connectivity index (χ2n) is 4.47. The smallest absolute Gasteiger partial charge is 0.433 e. The average molecular weight is 370 g/mol. The zero-order valence-corrected chi connectivity index (χ0v) is 12.7. The molecule has 1 fully saturated rings. The van der Waals surface area contributed by atoms with Crippen LogP contribution in [-0.2, 0) is 9.30 Å². The van der Waals surface area contributed by atoms with Gasteiger partial charge in [-0.2, -0.15) is 0 Å². The van der Waals surface area contributed by atoms with Gasteiger partial charge in [0.1, 0.15) is 24.6 Å². The Balaban J connectivity index is 0.000000351. The van der Waals surface area contributed by atoms with E-state index in [2.05, 4.69) is 10.1 Å². The summed E-state index contributed by atoms with van der Waals surface area (Å²) in [7, 11) is -4.82. The van der Waals surface area contributed by atoms with Crippen molar-refractivity contribution in [2.24, 2.45) is 5.73 Å². The van der Waals surface area contributed by atoms with E-state index in [1.165, 1.54) is 0 Å². The lowest BCUT2D eigenvalue weighted by molar-refractivity contribution is -0.0588. The first kappa shape index (κ1) is 20.1. The molecule has 1 amide bonds. The standard InChI is InChI=1S/C8H12N4O5.CH3O5P/c9-6(16)7-10-2-12(11-7)8-5(15)4(14)3(1-13)17-8;2-1(3)7(4,5)6/h2-5,8,13-15H,1H2,(H2,9,16);(H,2,3)(H2,4,5,6)/t3-,4-,5-,8-;/m1./s1. The van der Waals surface area contributed by atoms with Gasteiger partial charge in [0.15, 0.2) is 6.23 Å². The quantitative estimate of drug-likeness (QED) is 0.260. The maximum absolute atomic E-state index is 10.8. The normalized spacial score (nSPS) is 26.5. The van der Waals surface area contributed by atoms with Crippen LogP contribution >= 0.6 is 7.60 Å². The third-order valence-corrected chi connectivity index (χ3v) is 3.25. The zero-order valence-electron chi connectivity index (χ0n) is 11.8. The van der Waals surface area contributed by atoms with Gasteiger partial charge in [0, 0.05) is 0 Å². The number of nitrogens with zero attached hydrogens (tertiary/aromatic N) is 3. The summed E-state index contributed by atoms with van der Waals surface area (Å²) in [6, 6.07) is 0. The topological polar surface area (TPSA) is 239 Å². The lowest BCUT2D eigenvalue weighted by atomic mass is 10.1. The molecule has 0 radical (unpaired) electrons. The molecule has 0 unspecified atom stereocenters. The number of primary amides is 1. The van der Waals surface area contributed by atoms with Crippen molar-refractivity contribution >= 4 is 19.2 Å². The minimum atomic E-state index is -4.82. The number of carbonyl (C=O) groups is 2. The number of rotatable bonds is 4. The number of carbonyl (C=O) groups excluding carboxylic acids is 1. The number of ether oxygens (including phenoxy) is 1. The first-order chi connectivity index (χ1) is 11.0. The first-order valence-electron chi connectivity index (χ1n) is 6.11. The van der Waals surface area contributed by atoms with E-state index in [9.17, 15) is 24.4 Å². The third-order valence-electron chi connectivity index (χ3n) is 2.76. The number of aliphatic hydroxyl groups excluding tert-OH is 3. The van der Waals surface area contributed by atoms with Crippen LogP contribution < -0.4 is 5.73 Å². The molecule has 0 bridgehead atoms. The van der Waals surface area contributed by atoms with Gasteiger partial charge in [-0.05, 0) is 0 Å². The average Bonchev–Trinajstić information content (AvgIpc) is 3.05. The summed E-state index contributed by atoms with van der Waals surface area (Å²) >= 11 is 0. The van der Waals surface area contributed by atoms with Gasteiger partial charge in [0.05, 0.1) is 6.61 Å². The summed E-state index contributed by atoms with van der Waals surface area (Å²) < 4.78 is 15.7. The Morgan fingerprint density at radius 3 is 2.21 bits per heavy atom. The van der Waals surface area contributed by atoms with Crippen LogP contribution in [0.1, 0.15) is 16.8 Å². The Bertz CT molecular complexity index is 644. The van der Waals surface area contributed by atoms with Gasteiger partial charge in [-0.3, -0.25) is 4.79 Å². The molecule has 15 heteroatoms. The molecule has 0 spiro atoms. The summed E-state index contributed by atoms with van der Waals surface area (Å²) in [5.74, 6) is -1.03. The summed E-state index contributed by atoms with van der Waals surface area (Å²) in [5.41, 5.74) is 2.88. The number of aliphatic hydroxyl groups is 3. The molecule has 2 rings (SSSR count). The van der Waals surface area contributed by atoms with Crippen molar-refractivity contribution in [3.63, 3.8) is 0 Å². The molecule has 0 saturated carbocycles. The van der Waals surface area contributed by atoms with Crippen LogP contribution in [0.5, 0.6) is 0 Å². The minimum Gasteiger partial charge on any atom is -0.472 e. The molecule has 4 atom stereocenters. The van der Waals surface area contributed by atoms with Gasteiger partial charge >= 0.3 is 13.3 Å². The van der Waals surface area contributed by atoms with Crippen LogP contribution in [0, 0.1) is 0 Å². The number of hydrogen-bond acceptors (Lipinski definition) is 9. The molecule has 1 saturated heterocycles. The highest BCUT2D eigenvalue weighted by Crippen LogP contribution is 2.34. The Morgan fingerprint density at radius 1 is 1.33 bits per heavy atom. The van der Waals surface area contributed by atoms with E-state index in [4.69, 9.17) is 30.5 Å². The fraction of sp³-hybridized carbons (Fsp3) is 0.556. The summed E-state index contributed by atoms with van der Waals surface area (Å²) in [4.78, 5) is 38.9. The highest BCUT2D eigenvalue weighted by Gasteiger charge is 2.44. The largest absolute Gasteiger partial charge is 0.472 e. The van der Waals surface area contributed by atoms with Crippen molar-refractivity contribution in [1.82, 2.24) is 14.8 Å². The molecule has 1 aromatic rings. The highest BCUT2D eigenvalue weighted by atomic mass is 31.2. The number of carboxylic acid groups (broad SMARTS) is 1. The monoisotopic (exact) mass is 370 g/mol. The lowest BCUT2D eigenvalue weighted by Gasteiger charge is -2.13. The summed E-state index contributed by atoms with van der Waals surface area (Å²) in [6.07, 6.45) is -3.26. The van der Waals surface area contributed by atoms with E-state index < -0.39 is 50.4 Å². The number of amides is 1. The molecule has 0 aromatic carbocycles. The number of hydrogen-bond donors (Lipinski definition) is 7. The third kappa shape index (κ3) is 4.78. The Morgan fingerprint density at radius 2 is 1.88 bits per heavy atom. The van der Waals surface area contributed by atoms with Crippen molar-refractivity contribution in [3.8, 4) is 0 Å². The van der Waals surface area contributed by atoms with Gasteiger partial charge in [-0.1, -0.05) is 0 Å². The molecule has 136 valence electrons. The molecule has 8 N–H and O–H groups in total. The number of aromatic nitrogens is 3. The van der Waals surface area contributed by atoms with E-state index in [1.807, 2.05) is 0 Å². The maximum atomic E-state index is 10.8. The predicted octanol–water partition coefficient (Wildman–Crippen LogP) is -3.17. The van der Waals surface area contributed by atoms with Crippen molar-refractivity contribution in [1.29, 1.82) is 0 Å². The fourth-order valence-electron chi connectivity index (χ4n) is 1.61. The van der Waals surface area contributed by atoms with Gasteiger partial charge in [-0.25, -0.2) is 19.0 Å². The summed E-state index contributed by atoms with van der Waals surface area (Å²) in [5, 5.41) is 39.3. The Labute approximate surface area is 133 Å². The SMILES string of the molecule is NC(=O)c1ncn([C@@H]2O[C@H](CO)[C@@H](O)[C@H]2O)n1.O=C(O)P(=O)(O)O. The molecular weight excluding hydrogens is 355 g/mol. The second-order valence-corrected chi connectivity index (χ2v) is 5.94. The number of nitrogens with two attached hydrogens (primary N) is 1. The molecule has 0 aliphatic carbocycles. The zero-order chi connectivity index (χ0) is 18.7. The second kappa shape index (κ2) is 7.76. The lowest BCUT2D eigenvalue weighted by Crippen LogP contribution is -2.33. The van der Waals surface area contributed by atoms with Gasteiger partial charge < -0.3 is 40.7 Å². The van der Waals surface area contributed by atoms with Crippen LogP contribution in [-0.4, -0.2) is 81.5 Å². The van der Waals surface area contributed by atoms with E-state index in [0.717, 1.165) is 11.0 Å². The highest BCUT2D eigenvalue weighted by molar-refractivity contribution is 7.69. The van der Waals surface area contributed by atoms with Crippen LogP contribution in [0.2, 0.25) is 0 Å². The molecule has 14 nitrogen and oxygen atoms in total. The van der Waals surface area contributed by atoms with Crippen LogP contribution in [0.3, 0.4) is 0 Å². The van der Waals surface area contributed by atoms with Crippen molar-refractivity contribution in [2.75, 3.05) is 6.61 Å². The fourth-order valence-corrected chi connectivity index (χ4v) is 1.61. The van der Waals surface area contributed by atoms with Crippen molar-refractivity contribution in [3.05, 3.63) is 12.2 Å². The molecule has 1 aliphatic rings. The van der Waals surface area contributed by atoms with Gasteiger partial charge in [0.2, 0.25) is 5.82 Å². The van der Waals surface area contributed by atoms with E-state index in [0.29, 0.717) is 0 Å². The van der Waals surface area contributed by atoms with Gasteiger partial charge in [-0.15, -0.1) is 5.10 Å². The van der Waals surface area contributed by atoms with Crippen molar-refractivity contribution < 1.29 is 49.1 Å². The first-order valence-corrected chi connectivity index (χ1v) is 7.72. The van der Waals surface area contributed by atoms with Gasteiger partial charge in [0.25, 0.3) is 5.91 Å². The van der Waals surface area contributed by atoms with Crippen LogP contribution in [0.15, 0.2) is 6.33 Å². The Kier molecular flexibility index (Phi) is 6.50. The van der Waals surface area contributed by atoms with E-state index in [-0.39, 0.29) is 5.82 Å². The molecule has 2 heterocycles. The molecule has 24 heavy (non-hydrogen) atoms. The van der Waals surface area contributed by atoms with Crippen LogP contribution in [0.25, 0.3) is 0 Å². The summed E-state index contributed by atoms with van der Waals surface area (Å²) in [6.45, 7) is -0.438.